The van der Waals surface area contributed by atoms with Crippen LogP contribution in [0.4, 0.5) is 0 Å². The second-order valence-corrected chi connectivity index (χ2v) is 6.15. The van der Waals surface area contributed by atoms with Gasteiger partial charge >= 0.3 is 5.63 Å². The molecule has 130 valence electrons. The predicted molar refractivity (Wildman–Crippen MR) is 96.3 cm³/mol. The van der Waals surface area contributed by atoms with Crippen LogP contribution in [0, 0.1) is 6.92 Å². The van der Waals surface area contributed by atoms with Crippen LogP contribution in [0.2, 0.25) is 5.02 Å². The Bertz CT molecular complexity index is 1150. The molecule has 4 aromatic rings. The number of nitrogens with zero attached hydrogens (tertiary/aromatic N) is 2. The number of rotatable bonds is 4. The first kappa shape index (κ1) is 16.4. The summed E-state index contributed by atoms with van der Waals surface area (Å²) in [4.78, 5) is 15.8. The van der Waals surface area contributed by atoms with Gasteiger partial charge in [0.1, 0.15) is 11.3 Å². The highest BCUT2D eigenvalue weighted by Crippen LogP contribution is 2.24. The van der Waals surface area contributed by atoms with E-state index < -0.39 is 5.63 Å². The molecule has 0 fully saturated rings. The molecule has 0 aliphatic carbocycles. The summed E-state index contributed by atoms with van der Waals surface area (Å²) in [6.45, 7) is 1.95. The third-order valence-electron chi connectivity index (χ3n) is 3.84. The zero-order valence-electron chi connectivity index (χ0n) is 13.7. The molecular formula is C19H13ClN2O4. The zero-order valence-corrected chi connectivity index (χ0v) is 14.5. The van der Waals surface area contributed by atoms with Crippen molar-refractivity contribution in [3.8, 4) is 17.1 Å². The van der Waals surface area contributed by atoms with Gasteiger partial charge in [-0.1, -0.05) is 28.9 Å². The van der Waals surface area contributed by atoms with Gasteiger partial charge in [-0.2, -0.15) is 4.98 Å². The van der Waals surface area contributed by atoms with E-state index in [2.05, 4.69) is 10.1 Å². The summed E-state index contributed by atoms with van der Waals surface area (Å²) >= 11 is 5.97. The lowest BCUT2D eigenvalue weighted by Crippen LogP contribution is -1.99. The SMILES string of the molecule is Cc1cc(=O)oc2cc(OCc3nc(-c4cccc(Cl)c4)no3)ccc12. The average Bonchev–Trinajstić information content (AvgIpc) is 3.08. The Labute approximate surface area is 153 Å². The molecule has 2 aromatic heterocycles. The molecule has 0 spiro atoms. The van der Waals surface area contributed by atoms with Gasteiger partial charge in [-0.25, -0.2) is 4.79 Å². The van der Waals surface area contributed by atoms with Gasteiger partial charge in [-0.15, -0.1) is 0 Å². The van der Waals surface area contributed by atoms with Gasteiger partial charge in [0.25, 0.3) is 5.89 Å². The van der Waals surface area contributed by atoms with E-state index in [9.17, 15) is 4.79 Å². The normalized spacial score (nSPS) is 11.0. The summed E-state index contributed by atoms with van der Waals surface area (Å²) in [5.74, 6) is 1.30. The molecule has 6 nitrogen and oxygen atoms in total. The van der Waals surface area contributed by atoms with Crippen molar-refractivity contribution in [3.63, 3.8) is 0 Å². The third-order valence-corrected chi connectivity index (χ3v) is 4.07. The smallest absolute Gasteiger partial charge is 0.336 e. The molecule has 2 heterocycles. The van der Waals surface area contributed by atoms with Crippen molar-refractivity contribution in [2.75, 3.05) is 0 Å². The number of ether oxygens (including phenoxy) is 1. The first-order chi connectivity index (χ1) is 12.6. The minimum Gasteiger partial charge on any atom is -0.484 e. The van der Waals surface area contributed by atoms with Gasteiger partial charge < -0.3 is 13.7 Å². The van der Waals surface area contributed by atoms with E-state index in [4.69, 9.17) is 25.3 Å². The number of benzene rings is 2. The maximum absolute atomic E-state index is 11.5. The minimum atomic E-state index is -0.393. The quantitative estimate of drug-likeness (QED) is 0.497. The number of aromatic nitrogens is 2. The molecule has 0 unspecified atom stereocenters. The van der Waals surface area contributed by atoms with E-state index in [0.29, 0.717) is 28.1 Å². The molecule has 0 radical (unpaired) electrons. The number of halogens is 1. The van der Waals surface area contributed by atoms with E-state index >= 15 is 0 Å². The minimum absolute atomic E-state index is 0.0924. The second kappa shape index (κ2) is 6.65. The molecule has 0 aliphatic rings. The van der Waals surface area contributed by atoms with Crippen molar-refractivity contribution in [2.45, 2.75) is 13.5 Å². The number of hydrogen-bond acceptors (Lipinski definition) is 6. The summed E-state index contributed by atoms with van der Waals surface area (Å²) in [6.07, 6.45) is 0. The summed E-state index contributed by atoms with van der Waals surface area (Å²) < 4.78 is 16.1. The van der Waals surface area contributed by atoms with Crippen LogP contribution in [0.1, 0.15) is 11.5 Å². The first-order valence-corrected chi connectivity index (χ1v) is 8.22. The van der Waals surface area contributed by atoms with Gasteiger partial charge in [0.05, 0.1) is 0 Å². The van der Waals surface area contributed by atoms with Gasteiger partial charge in [0, 0.05) is 28.1 Å². The summed E-state index contributed by atoms with van der Waals surface area (Å²) in [7, 11) is 0. The topological polar surface area (TPSA) is 78.4 Å². The Morgan fingerprint density at radius 2 is 2.04 bits per heavy atom. The zero-order chi connectivity index (χ0) is 18.1. The van der Waals surface area contributed by atoms with Crippen molar-refractivity contribution in [1.82, 2.24) is 10.1 Å². The van der Waals surface area contributed by atoms with Crippen molar-refractivity contribution in [1.29, 1.82) is 0 Å². The molecule has 0 amide bonds. The average molecular weight is 369 g/mol. The highest BCUT2D eigenvalue weighted by molar-refractivity contribution is 6.30. The molecule has 4 rings (SSSR count). The monoisotopic (exact) mass is 368 g/mol. The number of hydrogen-bond donors (Lipinski definition) is 0. The van der Waals surface area contributed by atoms with Crippen molar-refractivity contribution < 1.29 is 13.7 Å². The van der Waals surface area contributed by atoms with E-state index in [1.54, 1.807) is 24.3 Å². The Morgan fingerprint density at radius 3 is 2.88 bits per heavy atom. The van der Waals surface area contributed by atoms with Crippen LogP contribution in [0.25, 0.3) is 22.4 Å². The van der Waals surface area contributed by atoms with Crippen LogP contribution in [0.15, 0.2) is 62.3 Å². The van der Waals surface area contributed by atoms with E-state index in [-0.39, 0.29) is 6.61 Å². The van der Waals surface area contributed by atoms with Crippen molar-refractivity contribution >= 4 is 22.6 Å². The van der Waals surface area contributed by atoms with Crippen LogP contribution in [0.3, 0.4) is 0 Å². The first-order valence-electron chi connectivity index (χ1n) is 7.84. The molecule has 0 saturated heterocycles. The standard InChI is InChI=1S/C19H13ClN2O4/c1-11-7-18(23)25-16-9-14(5-6-15(11)16)24-10-17-21-19(22-26-17)12-3-2-4-13(20)8-12/h2-9H,10H2,1H3. The molecule has 0 saturated carbocycles. The van der Waals surface area contributed by atoms with E-state index in [0.717, 1.165) is 16.5 Å². The van der Waals surface area contributed by atoms with E-state index in [1.807, 2.05) is 25.1 Å². The maximum atomic E-state index is 11.5. The Hall–Kier alpha value is -3.12. The lowest BCUT2D eigenvalue weighted by atomic mass is 10.1. The predicted octanol–water partition coefficient (Wildman–Crippen LogP) is 4.38. The molecule has 2 aromatic carbocycles. The Balaban J connectivity index is 1.53. The van der Waals surface area contributed by atoms with Crippen molar-refractivity contribution in [2.24, 2.45) is 0 Å². The molecule has 7 heteroatoms. The Morgan fingerprint density at radius 1 is 1.15 bits per heavy atom. The summed E-state index contributed by atoms with van der Waals surface area (Å²) in [5.41, 5.74) is 1.69. The fourth-order valence-electron chi connectivity index (χ4n) is 2.60. The Kier molecular flexibility index (Phi) is 4.18. The number of aryl methyl sites for hydroxylation is 1. The number of fused-ring (bicyclic) bond motifs is 1. The largest absolute Gasteiger partial charge is 0.484 e. The van der Waals surface area contributed by atoms with E-state index in [1.165, 1.54) is 6.07 Å². The molecule has 26 heavy (non-hydrogen) atoms. The molecule has 0 N–H and O–H groups in total. The lowest BCUT2D eigenvalue weighted by molar-refractivity contribution is 0.243. The third kappa shape index (κ3) is 3.32. The van der Waals surface area contributed by atoms with Crippen LogP contribution >= 0.6 is 11.6 Å². The van der Waals surface area contributed by atoms with Gasteiger partial charge in [0.2, 0.25) is 5.82 Å². The molecule has 0 aliphatic heterocycles. The summed E-state index contributed by atoms with van der Waals surface area (Å²) in [5, 5.41) is 5.38. The van der Waals surface area contributed by atoms with Crippen LogP contribution < -0.4 is 10.4 Å². The molecule has 0 atom stereocenters. The van der Waals surface area contributed by atoms with Crippen LogP contribution in [-0.4, -0.2) is 10.1 Å². The van der Waals surface area contributed by atoms with Gasteiger partial charge in [-0.05, 0) is 36.8 Å². The second-order valence-electron chi connectivity index (χ2n) is 5.72. The molecule has 0 bridgehead atoms. The van der Waals surface area contributed by atoms with Crippen LogP contribution in [0.5, 0.6) is 5.75 Å². The van der Waals surface area contributed by atoms with Crippen LogP contribution in [-0.2, 0) is 6.61 Å². The van der Waals surface area contributed by atoms with Gasteiger partial charge in [-0.3, -0.25) is 0 Å². The lowest BCUT2D eigenvalue weighted by Gasteiger charge is -2.05. The summed E-state index contributed by atoms with van der Waals surface area (Å²) in [6, 6.07) is 13.9. The van der Waals surface area contributed by atoms with Crippen molar-refractivity contribution in [3.05, 3.63) is 75.4 Å². The highest BCUT2D eigenvalue weighted by atomic mass is 35.5. The highest BCUT2D eigenvalue weighted by Gasteiger charge is 2.10. The van der Waals surface area contributed by atoms with Gasteiger partial charge in [0.15, 0.2) is 6.61 Å². The fourth-order valence-corrected chi connectivity index (χ4v) is 2.79. The maximum Gasteiger partial charge on any atom is 0.336 e. The fraction of sp³-hybridized carbons (Fsp3) is 0.105. The molecular weight excluding hydrogens is 356 g/mol.